The Bertz CT molecular complexity index is 1490. The molecule has 5 N–H and O–H groups in total. The molecule has 5 rings (SSSR count). The number of carbonyl (C=O) groups is 3. The number of aliphatic hydroxyl groups is 1. The molecular weight excluding hydrogens is 642 g/mol. The first-order valence-corrected chi connectivity index (χ1v) is 17.9. The summed E-state index contributed by atoms with van der Waals surface area (Å²) in [4.78, 5) is 32.9. The van der Waals surface area contributed by atoms with Gasteiger partial charge in [0, 0.05) is 6.54 Å². The number of rotatable bonds is 14. The Labute approximate surface area is 295 Å². The Morgan fingerprint density at radius 2 is 1.64 bits per heavy atom. The number of benzene rings is 2. The number of carboxylic acid groups (broad SMARTS) is 3. The van der Waals surface area contributed by atoms with Gasteiger partial charge in [0.25, 0.3) is 0 Å². The summed E-state index contributed by atoms with van der Waals surface area (Å²) in [6, 6.07) is 12.6. The van der Waals surface area contributed by atoms with E-state index in [0.717, 1.165) is 68.3 Å². The average Bonchev–Trinajstić information content (AvgIpc) is 3.39. The maximum absolute atomic E-state index is 10.3. The normalized spacial score (nSPS) is 25.4. The van der Waals surface area contributed by atoms with Gasteiger partial charge in [-0.1, -0.05) is 39.8 Å². The van der Waals surface area contributed by atoms with Crippen molar-refractivity contribution in [3.8, 4) is 17.2 Å². The highest BCUT2D eigenvalue weighted by atomic mass is 16.5. The lowest BCUT2D eigenvalue weighted by Crippen LogP contribution is -2.45. The zero-order valence-corrected chi connectivity index (χ0v) is 30.1. The molecule has 2 aromatic rings. The molecule has 0 amide bonds. The molecule has 50 heavy (non-hydrogen) atoms. The Balaban J connectivity index is 0.000000369. The maximum atomic E-state index is 10.3. The summed E-state index contributed by atoms with van der Waals surface area (Å²) in [7, 11) is 1.75. The number of hydrogen-bond acceptors (Lipinski definition) is 8. The van der Waals surface area contributed by atoms with E-state index in [-0.39, 0.29) is 0 Å². The molecule has 2 fully saturated rings. The van der Waals surface area contributed by atoms with Gasteiger partial charge >= 0.3 is 17.9 Å². The third-order valence-corrected chi connectivity index (χ3v) is 11.8. The molecule has 11 nitrogen and oxygen atoms in total. The minimum absolute atomic E-state index is 0.408. The van der Waals surface area contributed by atoms with Crippen molar-refractivity contribution >= 4 is 17.9 Å². The smallest absolute Gasteiger partial charge is 0.336 e. The Hall–Kier alpha value is -3.83. The molecule has 0 saturated heterocycles. The van der Waals surface area contributed by atoms with Crippen LogP contribution in [0.5, 0.6) is 17.2 Å². The average molecular weight is 698 g/mol. The molecule has 6 atom stereocenters. The van der Waals surface area contributed by atoms with Crippen LogP contribution in [0.3, 0.4) is 0 Å². The van der Waals surface area contributed by atoms with Crippen molar-refractivity contribution in [3.63, 3.8) is 0 Å². The van der Waals surface area contributed by atoms with Gasteiger partial charge in [0.05, 0.1) is 26.6 Å². The minimum atomic E-state index is -2.74. The van der Waals surface area contributed by atoms with Crippen molar-refractivity contribution in [3.05, 3.63) is 53.1 Å². The number of phenolic OH excluding ortho intramolecular Hbond substituents is 1. The molecule has 0 bridgehead atoms. The summed E-state index contributed by atoms with van der Waals surface area (Å²) in [5, 5.41) is 43.9. The topological polar surface area (TPSA) is 174 Å². The zero-order chi connectivity index (χ0) is 36.8. The van der Waals surface area contributed by atoms with Crippen LogP contribution >= 0.6 is 0 Å². The molecule has 0 spiro atoms. The third kappa shape index (κ3) is 8.72. The number of carboxylic acids is 3. The number of phenols is 1. The molecule has 3 aliphatic carbocycles. The van der Waals surface area contributed by atoms with Crippen LogP contribution in [0.25, 0.3) is 0 Å². The van der Waals surface area contributed by atoms with E-state index in [0.29, 0.717) is 23.0 Å². The number of fused-ring (bicyclic) bond motifs is 5. The summed E-state index contributed by atoms with van der Waals surface area (Å²) in [5.41, 5.74) is 1.85. The number of aromatic hydroxyl groups is 1. The Morgan fingerprint density at radius 1 is 0.960 bits per heavy atom. The predicted octanol–water partition coefficient (Wildman–Crippen LogP) is 6.18. The second kappa shape index (κ2) is 16.5. The molecule has 0 aliphatic heterocycles. The van der Waals surface area contributed by atoms with Crippen LogP contribution in [0.15, 0.2) is 36.4 Å². The number of hydrogen-bond donors (Lipinski definition) is 5. The van der Waals surface area contributed by atoms with Crippen molar-refractivity contribution < 1.29 is 49.4 Å². The molecule has 11 heteroatoms. The number of methoxy groups -OCH3 is 1. The van der Waals surface area contributed by atoms with Crippen molar-refractivity contribution in [1.82, 2.24) is 4.90 Å². The van der Waals surface area contributed by atoms with Crippen molar-refractivity contribution in [2.45, 2.75) is 97.1 Å². The van der Waals surface area contributed by atoms with Crippen molar-refractivity contribution in [2.75, 3.05) is 26.8 Å². The van der Waals surface area contributed by atoms with E-state index >= 15 is 0 Å². The molecule has 0 aromatic heterocycles. The fraction of sp³-hybridized carbons (Fsp3) is 0.615. The summed E-state index contributed by atoms with van der Waals surface area (Å²) in [6.07, 6.45) is 5.19. The van der Waals surface area contributed by atoms with Gasteiger partial charge in [0.2, 0.25) is 0 Å². The third-order valence-electron chi connectivity index (χ3n) is 11.8. The highest BCUT2D eigenvalue weighted by Gasteiger charge is 2.56. The van der Waals surface area contributed by atoms with Gasteiger partial charge in [-0.15, -0.1) is 0 Å². The predicted molar refractivity (Wildman–Crippen MR) is 188 cm³/mol. The number of ether oxygens (including phenoxy) is 2. The lowest BCUT2D eigenvalue weighted by atomic mass is 9.51. The van der Waals surface area contributed by atoms with Gasteiger partial charge in [0.1, 0.15) is 5.75 Å². The molecule has 2 saturated carbocycles. The van der Waals surface area contributed by atoms with Crippen LogP contribution < -0.4 is 9.47 Å². The van der Waals surface area contributed by atoms with Crippen LogP contribution in [-0.2, 0) is 27.3 Å². The first kappa shape index (κ1) is 39.0. The summed E-state index contributed by atoms with van der Waals surface area (Å²) in [5.74, 6) is 0.735. The quantitative estimate of drug-likeness (QED) is 0.152. The molecule has 3 aliphatic rings. The van der Waals surface area contributed by atoms with E-state index in [9.17, 15) is 19.5 Å². The van der Waals surface area contributed by atoms with Crippen LogP contribution in [0.1, 0.15) is 95.2 Å². The van der Waals surface area contributed by atoms with Crippen LogP contribution in [-0.4, -0.2) is 80.7 Å². The van der Waals surface area contributed by atoms with E-state index in [2.05, 4.69) is 56.9 Å². The minimum Gasteiger partial charge on any atom is -0.508 e. The lowest BCUT2D eigenvalue weighted by molar-refractivity contribution is -0.170. The van der Waals surface area contributed by atoms with E-state index in [1.165, 1.54) is 42.4 Å². The first-order valence-electron chi connectivity index (χ1n) is 17.9. The molecule has 0 heterocycles. The van der Waals surface area contributed by atoms with Gasteiger partial charge in [-0.3, -0.25) is 14.5 Å². The lowest BCUT2D eigenvalue weighted by Gasteiger charge is -2.53. The number of aliphatic carboxylic acids is 3. The van der Waals surface area contributed by atoms with E-state index in [1.807, 2.05) is 12.1 Å². The van der Waals surface area contributed by atoms with Crippen LogP contribution in [0.2, 0.25) is 0 Å². The first-order chi connectivity index (χ1) is 23.6. The highest BCUT2D eigenvalue weighted by molar-refractivity contribution is 5.88. The zero-order valence-electron chi connectivity index (χ0n) is 30.1. The summed E-state index contributed by atoms with van der Waals surface area (Å²) >= 11 is 0. The summed E-state index contributed by atoms with van der Waals surface area (Å²) < 4.78 is 12.1. The van der Waals surface area contributed by atoms with Gasteiger partial charge in [-0.2, -0.15) is 0 Å². The molecule has 2 aromatic carbocycles. The molecule has 0 radical (unpaired) electrons. The molecule has 6 unspecified atom stereocenters. The summed E-state index contributed by atoms with van der Waals surface area (Å²) in [6.45, 7) is 13.3. The van der Waals surface area contributed by atoms with Gasteiger partial charge in [-0.05, 0) is 128 Å². The Morgan fingerprint density at radius 3 is 2.24 bits per heavy atom. The van der Waals surface area contributed by atoms with Crippen molar-refractivity contribution in [1.29, 1.82) is 0 Å². The number of nitrogens with zero attached hydrogens (tertiary/aromatic N) is 1. The van der Waals surface area contributed by atoms with Gasteiger partial charge in [-0.25, -0.2) is 4.79 Å². The SMILES string of the molecule is CCN(CC)Cc1ccc(OCCC2CCC3C4C(C)Cc5cc(O)ccc5C4CCC23C)c(OC)c1.O=C(O)CC(O)(CC(=O)O)C(=O)O. The second-order valence-electron chi connectivity index (χ2n) is 14.7. The van der Waals surface area contributed by atoms with E-state index < -0.39 is 36.4 Å². The second-order valence-corrected chi connectivity index (χ2v) is 14.7. The molecular formula is C39H55NO10. The van der Waals surface area contributed by atoms with E-state index in [1.54, 1.807) is 7.11 Å². The van der Waals surface area contributed by atoms with E-state index in [4.69, 9.17) is 29.9 Å². The van der Waals surface area contributed by atoms with Crippen LogP contribution in [0.4, 0.5) is 0 Å². The fourth-order valence-electron chi connectivity index (χ4n) is 9.21. The van der Waals surface area contributed by atoms with Crippen molar-refractivity contribution in [2.24, 2.45) is 29.1 Å². The maximum Gasteiger partial charge on any atom is 0.336 e. The largest absolute Gasteiger partial charge is 0.508 e. The standard InChI is InChI=1S/C33H47NO3.C6H8O7/c1-6-34(7-2)21-23-8-13-30(31(19-23)36-5)37-17-15-25-9-12-29-32-22(3)18-24-20-26(35)10-11-27(24)28(32)14-16-33(25,29)4;7-3(8)1-6(13,5(11)12)2-4(9)10/h8,10-11,13,19-20,22,25,28-29,32,35H,6-7,9,12,14-18,21H2,1-5H3;13H,1-2H2,(H,7,8)(H,9,10)(H,11,12). The van der Waals surface area contributed by atoms with Gasteiger partial charge < -0.3 is 35.0 Å². The van der Waals surface area contributed by atoms with Gasteiger partial charge in [0.15, 0.2) is 17.1 Å². The highest BCUT2D eigenvalue weighted by Crippen LogP contribution is 2.64. The monoisotopic (exact) mass is 697 g/mol. The van der Waals surface area contributed by atoms with Crippen LogP contribution in [0, 0.1) is 29.1 Å². The molecule has 276 valence electrons. The fourth-order valence-corrected chi connectivity index (χ4v) is 9.21. The Kier molecular flexibility index (Phi) is 12.8.